The van der Waals surface area contributed by atoms with Crippen LogP contribution in [0.2, 0.25) is 0 Å². The maximum Gasteiger partial charge on any atom is 0.167 e. The van der Waals surface area contributed by atoms with Crippen molar-refractivity contribution in [1.82, 2.24) is 0 Å². The van der Waals surface area contributed by atoms with E-state index in [9.17, 15) is 0 Å². The molecule has 0 nitrogen and oxygen atoms in total. The second kappa shape index (κ2) is 12.7. The summed E-state index contributed by atoms with van der Waals surface area (Å²) >= 11 is 0. The van der Waals surface area contributed by atoms with E-state index in [0.29, 0.717) is 10.8 Å². The van der Waals surface area contributed by atoms with E-state index >= 15 is 17.6 Å². The number of aryl methyl sites for hydroxylation is 2. The fraction of sp³-hybridized carbons (Fsp3) is 0.235. The first-order valence-corrected chi connectivity index (χ1v) is 13.3. The Balaban J connectivity index is 1.71. The second-order valence-electron chi connectivity index (χ2n) is 9.56. The zero-order valence-corrected chi connectivity index (χ0v) is 21.8. The molecule has 0 spiro atoms. The van der Waals surface area contributed by atoms with Gasteiger partial charge in [0.15, 0.2) is 23.3 Å². The lowest BCUT2D eigenvalue weighted by Crippen LogP contribution is -1.92. The lowest BCUT2D eigenvalue weighted by molar-refractivity contribution is 0.699. The average Bonchev–Trinajstić information content (AvgIpc) is 2.97. The van der Waals surface area contributed by atoms with E-state index in [2.05, 4.69) is 13.8 Å². The van der Waals surface area contributed by atoms with Gasteiger partial charge in [-0.15, -0.1) is 0 Å². The molecule has 0 N–H and O–H groups in total. The summed E-state index contributed by atoms with van der Waals surface area (Å²) in [5.74, 6) is -4.06. The zero-order valence-electron chi connectivity index (χ0n) is 21.8. The highest BCUT2D eigenvalue weighted by Crippen LogP contribution is 2.38. The van der Waals surface area contributed by atoms with Crippen LogP contribution in [0, 0.1) is 0 Å². The molecule has 0 aliphatic carbocycles. The quantitative estimate of drug-likeness (QED) is 0.145. The van der Waals surface area contributed by atoms with Crippen molar-refractivity contribution in [1.29, 1.82) is 0 Å². The predicted octanol–water partition coefficient (Wildman–Crippen LogP) is 11.1. The Bertz CT molecular complexity index is 1330. The number of hydrogen-bond donors (Lipinski definition) is 0. The van der Waals surface area contributed by atoms with Crippen molar-refractivity contribution in [3.05, 3.63) is 118 Å². The van der Waals surface area contributed by atoms with Gasteiger partial charge < -0.3 is 0 Å². The smallest absolute Gasteiger partial charge is 0.167 e. The Morgan fingerprint density at radius 1 is 0.474 bits per heavy atom. The van der Waals surface area contributed by atoms with E-state index in [1.807, 2.05) is 0 Å². The molecule has 0 fully saturated rings. The molecular formula is C34H32F4. The normalized spacial score (nSPS) is 12.9. The first kappa shape index (κ1) is 27.4. The standard InChI is InChI=1S/C34H32F4/c1-3-5-9-23-13-17-25(18-14-23)31(35)33(37)29-21-22-30(28-12-8-7-11-27(28)29)34(38)32(36)26-19-15-24(16-20-26)10-6-4-2/h7-8,11-22H,3-6,9-10H2,1-2H3. The largest absolute Gasteiger partial charge is 0.203 e. The molecule has 0 unspecified atom stereocenters. The zero-order chi connectivity index (χ0) is 27.1. The Labute approximate surface area is 222 Å². The Kier molecular flexibility index (Phi) is 9.17. The van der Waals surface area contributed by atoms with Crippen molar-refractivity contribution in [2.45, 2.75) is 52.4 Å². The third-order valence-corrected chi connectivity index (χ3v) is 6.84. The van der Waals surface area contributed by atoms with Crippen molar-refractivity contribution in [2.75, 3.05) is 0 Å². The summed E-state index contributed by atoms with van der Waals surface area (Å²) in [5.41, 5.74) is 2.39. The first-order valence-electron chi connectivity index (χ1n) is 13.3. The van der Waals surface area contributed by atoms with Gasteiger partial charge in [-0.2, -0.15) is 0 Å². The maximum atomic E-state index is 15.5. The molecule has 0 radical (unpaired) electrons. The van der Waals surface area contributed by atoms with E-state index in [4.69, 9.17) is 0 Å². The van der Waals surface area contributed by atoms with Crippen molar-refractivity contribution >= 4 is 34.1 Å². The maximum absolute atomic E-state index is 15.5. The highest BCUT2D eigenvalue weighted by Gasteiger charge is 2.19. The van der Waals surface area contributed by atoms with Crippen molar-refractivity contribution in [3.8, 4) is 0 Å². The summed E-state index contributed by atoms with van der Waals surface area (Å²) in [6, 6.07) is 22.6. The Hall–Kier alpha value is -3.66. The predicted molar refractivity (Wildman–Crippen MR) is 152 cm³/mol. The van der Waals surface area contributed by atoms with Crippen molar-refractivity contribution < 1.29 is 17.6 Å². The minimum absolute atomic E-state index is 0.00889. The summed E-state index contributed by atoms with van der Waals surface area (Å²) in [5, 5.41) is 0.602. The van der Waals surface area contributed by atoms with E-state index < -0.39 is 23.3 Å². The van der Waals surface area contributed by atoms with Crippen LogP contribution in [0.4, 0.5) is 17.6 Å². The van der Waals surface area contributed by atoms with Crippen LogP contribution in [-0.4, -0.2) is 0 Å². The van der Waals surface area contributed by atoms with Crippen LogP contribution < -0.4 is 0 Å². The molecule has 4 heteroatoms. The van der Waals surface area contributed by atoms with Crippen LogP contribution in [-0.2, 0) is 12.8 Å². The summed E-state index contributed by atoms with van der Waals surface area (Å²) in [6.45, 7) is 4.20. The van der Waals surface area contributed by atoms with Crippen LogP contribution in [0.25, 0.3) is 34.1 Å². The molecule has 38 heavy (non-hydrogen) atoms. The minimum Gasteiger partial charge on any atom is -0.203 e. The molecule has 0 saturated carbocycles. The van der Waals surface area contributed by atoms with Gasteiger partial charge in [-0.1, -0.05) is 112 Å². The van der Waals surface area contributed by atoms with E-state index in [-0.39, 0.29) is 22.3 Å². The fourth-order valence-corrected chi connectivity index (χ4v) is 4.57. The summed E-state index contributed by atoms with van der Waals surface area (Å²) in [4.78, 5) is 0. The summed E-state index contributed by atoms with van der Waals surface area (Å²) in [6.07, 6.45) is 5.93. The van der Waals surface area contributed by atoms with E-state index in [1.54, 1.807) is 72.8 Å². The van der Waals surface area contributed by atoms with Crippen LogP contribution >= 0.6 is 0 Å². The van der Waals surface area contributed by atoms with Gasteiger partial charge in [0.2, 0.25) is 0 Å². The molecule has 0 bridgehead atoms. The Morgan fingerprint density at radius 2 is 0.842 bits per heavy atom. The van der Waals surface area contributed by atoms with Crippen molar-refractivity contribution in [2.24, 2.45) is 0 Å². The third kappa shape index (κ3) is 6.07. The van der Waals surface area contributed by atoms with Crippen molar-refractivity contribution in [3.63, 3.8) is 0 Å². The summed E-state index contributed by atoms with van der Waals surface area (Å²) in [7, 11) is 0. The average molecular weight is 517 g/mol. The van der Waals surface area contributed by atoms with Gasteiger partial charge >= 0.3 is 0 Å². The molecule has 0 atom stereocenters. The van der Waals surface area contributed by atoms with Gasteiger partial charge in [-0.05, 0) is 47.6 Å². The van der Waals surface area contributed by atoms with Gasteiger partial charge in [0, 0.05) is 22.3 Å². The van der Waals surface area contributed by atoms with Crippen LogP contribution in [0.1, 0.15) is 72.9 Å². The van der Waals surface area contributed by atoms with Gasteiger partial charge in [0.25, 0.3) is 0 Å². The van der Waals surface area contributed by atoms with Gasteiger partial charge in [0.1, 0.15) is 0 Å². The topological polar surface area (TPSA) is 0 Å². The molecule has 0 aliphatic heterocycles. The highest BCUT2D eigenvalue weighted by atomic mass is 19.2. The number of halogens is 4. The first-order chi connectivity index (χ1) is 18.4. The molecule has 4 rings (SSSR count). The number of unbranched alkanes of at least 4 members (excludes halogenated alkanes) is 2. The summed E-state index contributed by atoms with van der Waals surface area (Å²) < 4.78 is 61.3. The SMILES string of the molecule is CCCCc1ccc(C(F)=C(F)c2ccc(C(F)=C(F)c3ccc(CCCC)cc3)c3ccccc23)cc1. The molecule has 0 heterocycles. The number of hydrogen-bond acceptors (Lipinski definition) is 0. The minimum atomic E-state index is -1.04. The molecule has 0 aromatic heterocycles. The molecule has 4 aromatic rings. The van der Waals surface area contributed by atoms with Crippen LogP contribution in [0.15, 0.2) is 84.9 Å². The van der Waals surface area contributed by atoms with Gasteiger partial charge in [0.05, 0.1) is 0 Å². The number of rotatable bonds is 10. The lowest BCUT2D eigenvalue weighted by atomic mass is 9.96. The van der Waals surface area contributed by atoms with Gasteiger partial charge in [-0.3, -0.25) is 0 Å². The van der Waals surface area contributed by atoms with Crippen LogP contribution in [0.5, 0.6) is 0 Å². The fourth-order valence-electron chi connectivity index (χ4n) is 4.57. The molecular weight excluding hydrogens is 484 g/mol. The molecule has 4 aromatic carbocycles. The van der Waals surface area contributed by atoms with E-state index in [0.717, 1.165) is 49.7 Å². The number of benzene rings is 4. The molecule has 0 saturated heterocycles. The van der Waals surface area contributed by atoms with E-state index in [1.165, 1.54) is 12.1 Å². The highest BCUT2D eigenvalue weighted by molar-refractivity contribution is 6.03. The second-order valence-corrected chi connectivity index (χ2v) is 9.56. The lowest BCUT2D eigenvalue weighted by Gasteiger charge is -2.11. The number of fused-ring (bicyclic) bond motifs is 1. The molecule has 0 amide bonds. The Morgan fingerprint density at radius 3 is 1.18 bits per heavy atom. The monoisotopic (exact) mass is 516 g/mol. The molecule has 0 aliphatic rings. The van der Waals surface area contributed by atoms with Gasteiger partial charge in [-0.25, -0.2) is 17.6 Å². The molecule has 196 valence electrons. The van der Waals surface area contributed by atoms with Crippen LogP contribution in [0.3, 0.4) is 0 Å². The third-order valence-electron chi connectivity index (χ3n) is 6.84.